The molecule has 4 N–H and O–H groups in total. The van der Waals surface area contributed by atoms with Crippen molar-refractivity contribution in [3.63, 3.8) is 0 Å². The third kappa shape index (κ3) is 3.69. The fourth-order valence-corrected chi connectivity index (χ4v) is 3.30. The van der Waals surface area contributed by atoms with Crippen LogP contribution in [0.3, 0.4) is 0 Å². The number of ether oxygens (including phenoxy) is 2. The molecule has 5 atom stereocenters. The average Bonchev–Trinajstić information content (AvgIpc) is 3.25. The van der Waals surface area contributed by atoms with Crippen molar-refractivity contribution >= 4 is 28.7 Å². The van der Waals surface area contributed by atoms with Crippen LogP contribution >= 0.6 is 0 Å². The van der Waals surface area contributed by atoms with E-state index in [9.17, 15) is 15.0 Å². The van der Waals surface area contributed by atoms with Gasteiger partial charge in [0.15, 0.2) is 23.5 Å². The predicted octanol–water partition coefficient (Wildman–Crippen LogP) is 0.393. The highest BCUT2D eigenvalue weighted by molar-refractivity contribution is 5.83. The number of Topliss-reactive ketones (excluding diaryl/α,β-unsaturated/α-hetero) is 1. The Morgan fingerprint density at radius 2 is 2.21 bits per heavy atom. The Morgan fingerprint density at radius 1 is 1.38 bits per heavy atom. The van der Waals surface area contributed by atoms with Crippen LogP contribution in [0, 0.1) is 0 Å². The van der Waals surface area contributed by atoms with Gasteiger partial charge in [-0.2, -0.15) is 15.1 Å². The first-order valence-electron chi connectivity index (χ1n) is 9.15. The van der Waals surface area contributed by atoms with Crippen LogP contribution in [0.1, 0.15) is 26.0 Å². The molecule has 154 valence electrons. The minimum absolute atomic E-state index is 0.0132. The Balaban J connectivity index is 1.60. The largest absolute Gasteiger partial charge is 0.496 e. The first-order valence-corrected chi connectivity index (χ1v) is 9.15. The number of fused-ring (bicyclic) bond motifs is 1. The van der Waals surface area contributed by atoms with Gasteiger partial charge in [0.25, 0.3) is 5.95 Å². The second-order valence-electron chi connectivity index (χ2n) is 6.90. The van der Waals surface area contributed by atoms with E-state index >= 15 is 0 Å². The Labute approximate surface area is 165 Å². The molecule has 0 radical (unpaired) electrons. The average molecular weight is 403 g/mol. The van der Waals surface area contributed by atoms with Crippen molar-refractivity contribution in [1.29, 1.82) is 0 Å². The van der Waals surface area contributed by atoms with Gasteiger partial charge in [-0.1, -0.05) is 0 Å². The van der Waals surface area contributed by atoms with E-state index in [2.05, 4.69) is 25.2 Å². The van der Waals surface area contributed by atoms with Crippen LogP contribution < -0.4 is 5.73 Å². The first-order chi connectivity index (χ1) is 14.0. The molecule has 0 bridgehead atoms. The first kappa shape index (κ1) is 19.4. The number of hydrogen-bond donors (Lipinski definition) is 3. The number of carbonyl (C=O) groups is 1. The normalized spacial score (nSPS) is 29.6. The minimum atomic E-state index is -1.36. The highest BCUT2D eigenvalue weighted by Crippen LogP contribution is 2.33. The molecular weight excluding hydrogens is 382 g/mol. The van der Waals surface area contributed by atoms with E-state index in [0.717, 1.165) is 12.8 Å². The molecular formula is C17H21N7O5. The predicted molar refractivity (Wildman–Crippen MR) is 99.0 cm³/mol. The molecule has 1 fully saturated rings. The van der Waals surface area contributed by atoms with E-state index < -0.39 is 30.3 Å². The third-order valence-corrected chi connectivity index (χ3v) is 4.82. The zero-order chi connectivity index (χ0) is 20.5. The van der Waals surface area contributed by atoms with Crippen LogP contribution in [0.15, 0.2) is 28.9 Å². The molecule has 0 aliphatic carbocycles. The van der Waals surface area contributed by atoms with E-state index in [4.69, 9.17) is 15.2 Å². The van der Waals surface area contributed by atoms with Crippen molar-refractivity contribution in [2.45, 2.75) is 50.4 Å². The molecule has 2 aromatic rings. The molecule has 4 heterocycles. The van der Waals surface area contributed by atoms with Gasteiger partial charge in [-0.15, -0.1) is 5.11 Å². The molecule has 12 heteroatoms. The summed E-state index contributed by atoms with van der Waals surface area (Å²) in [5.74, 6) is -0.304. The summed E-state index contributed by atoms with van der Waals surface area (Å²) >= 11 is 0. The lowest BCUT2D eigenvalue weighted by molar-refractivity contribution is -0.133. The number of rotatable bonds is 5. The summed E-state index contributed by atoms with van der Waals surface area (Å²) in [5, 5.41) is 28.5. The van der Waals surface area contributed by atoms with Crippen molar-refractivity contribution in [2.75, 3.05) is 12.3 Å². The molecule has 4 rings (SSSR count). The number of aliphatic hydroxyl groups is 2. The van der Waals surface area contributed by atoms with Crippen LogP contribution in [-0.4, -0.2) is 66.5 Å². The van der Waals surface area contributed by atoms with Gasteiger partial charge in [0, 0.05) is 0 Å². The Morgan fingerprint density at radius 3 is 2.90 bits per heavy atom. The van der Waals surface area contributed by atoms with Gasteiger partial charge in [0.2, 0.25) is 0 Å². The van der Waals surface area contributed by atoms with Crippen molar-refractivity contribution in [1.82, 2.24) is 19.5 Å². The van der Waals surface area contributed by atoms with Crippen molar-refractivity contribution < 1.29 is 24.5 Å². The smallest absolute Gasteiger partial charge is 0.272 e. The maximum atomic E-state index is 11.6. The van der Waals surface area contributed by atoms with E-state index in [1.807, 2.05) is 6.08 Å². The number of nitrogens with two attached hydrogens (primary N) is 1. The van der Waals surface area contributed by atoms with Crippen LogP contribution in [0.2, 0.25) is 0 Å². The van der Waals surface area contributed by atoms with Crippen LogP contribution in [0.4, 0.5) is 11.8 Å². The number of azo groups is 1. The molecule has 0 aromatic carbocycles. The second-order valence-corrected chi connectivity index (χ2v) is 6.90. The number of carbonyl (C=O) groups excluding carboxylic acids is 1. The second kappa shape index (κ2) is 7.81. The third-order valence-electron chi connectivity index (χ3n) is 4.82. The van der Waals surface area contributed by atoms with E-state index in [-0.39, 0.29) is 29.0 Å². The number of aliphatic hydroxyl groups excluding tert-OH is 2. The number of nitrogens with zero attached hydrogens (tertiary/aromatic N) is 6. The summed E-state index contributed by atoms with van der Waals surface area (Å²) in [6.07, 6.45) is 1.74. The van der Waals surface area contributed by atoms with Gasteiger partial charge in [0.05, 0.1) is 19.1 Å². The number of allylic oxidation sites excluding steroid dienone is 1. The lowest BCUT2D eigenvalue weighted by atomic mass is 10.1. The van der Waals surface area contributed by atoms with Crippen molar-refractivity contribution in [2.24, 2.45) is 10.2 Å². The lowest BCUT2D eigenvalue weighted by Gasteiger charge is -2.16. The molecule has 12 nitrogen and oxygen atoms in total. The van der Waals surface area contributed by atoms with Gasteiger partial charge in [0.1, 0.15) is 29.9 Å². The Hall–Kier alpha value is -2.96. The van der Waals surface area contributed by atoms with Crippen LogP contribution in [-0.2, 0) is 14.3 Å². The molecule has 2 aliphatic heterocycles. The number of aromatic nitrogens is 4. The summed E-state index contributed by atoms with van der Waals surface area (Å²) in [4.78, 5) is 24.1. The van der Waals surface area contributed by atoms with Gasteiger partial charge in [-0.05, 0) is 25.8 Å². The van der Waals surface area contributed by atoms with E-state index in [0.29, 0.717) is 6.54 Å². The zero-order valence-electron chi connectivity index (χ0n) is 15.6. The fraction of sp³-hybridized carbons (Fsp3) is 0.529. The number of imidazole rings is 1. The molecule has 2 aliphatic rings. The van der Waals surface area contributed by atoms with Crippen LogP contribution in [0.25, 0.3) is 11.2 Å². The van der Waals surface area contributed by atoms with Crippen molar-refractivity contribution in [3.05, 3.63) is 18.7 Å². The summed E-state index contributed by atoms with van der Waals surface area (Å²) in [6, 6.07) is 0. The molecule has 2 aromatic heterocycles. The van der Waals surface area contributed by atoms with Gasteiger partial charge in [-0.25, -0.2) is 4.98 Å². The minimum Gasteiger partial charge on any atom is -0.496 e. The molecule has 0 saturated carbocycles. The quantitative estimate of drug-likeness (QED) is 0.597. The van der Waals surface area contributed by atoms with E-state index in [1.54, 1.807) is 6.26 Å². The lowest BCUT2D eigenvalue weighted by Crippen LogP contribution is -2.34. The zero-order valence-corrected chi connectivity index (χ0v) is 15.6. The van der Waals surface area contributed by atoms with Crippen LogP contribution in [0.5, 0.6) is 0 Å². The van der Waals surface area contributed by atoms with Gasteiger partial charge in [-0.3, -0.25) is 9.36 Å². The van der Waals surface area contributed by atoms with Gasteiger partial charge < -0.3 is 25.4 Å². The maximum absolute atomic E-state index is 11.6. The van der Waals surface area contributed by atoms with E-state index in [1.165, 1.54) is 17.8 Å². The molecule has 29 heavy (non-hydrogen) atoms. The monoisotopic (exact) mass is 403 g/mol. The van der Waals surface area contributed by atoms with Gasteiger partial charge >= 0.3 is 0 Å². The molecule has 0 amide bonds. The highest BCUT2D eigenvalue weighted by Gasteiger charge is 2.46. The summed E-state index contributed by atoms with van der Waals surface area (Å²) in [7, 11) is 0. The summed E-state index contributed by atoms with van der Waals surface area (Å²) in [6.45, 7) is 1.63. The number of anilines is 1. The molecule has 1 saturated heterocycles. The number of ketones is 1. The topological polar surface area (TPSA) is 170 Å². The SMILES string of the molecule is CC(=O)[C@H]1O[C@@H](n2cnc3c(N)nc(N=NC[C@@H]4CCC=CO4)nc32)[C@H](O)[C@@H]1O. The number of hydrogen-bond acceptors (Lipinski definition) is 11. The fourth-order valence-electron chi connectivity index (χ4n) is 3.30. The molecule has 0 spiro atoms. The summed E-state index contributed by atoms with van der Waals surface area (Å²) in [5.41, 5.74) is 6.47. The number of nitrogen functional groups attached to an aromatic ring is 1. The Bertz CT molecular complexity index is 974. The van der Waals surface area contributed by atoms with Crippen molar-refractivity contribution in [3.8, 4) is 0 Å². The standard InChI is InChI=1S/C17H21N7O5/c1-8(25)13-11(26)12(27)16(29-13)24-7-19-10-14(18)21-17(22-15(10)24)23-20-6-9-4-2-3-5-28-9/h3,5,7,9,11-13,16,26-27H,2,4,6H2,1H3,(H2,18,21,22)/t9-,11-,12+,13+,16+/m0/s1. The molecule has 0 unspecified atom stereocenters. The summed E-state index contributed by atoms with van der Waals surface area (Å²) < 4.78 is 12.3. The highest BCUT2D eigenvalue weighted by atomic mass is 16.6. The Kier molecular flexibility index (Phi) is 5.22. The maximum Gasteiger partial charge on any atom is 0.272 e.